The summed E-state index contributed by atoms with van der Waals surface area (Å²) in [5.41, 5.74) is 11.4. The van der Waals surface area contributed by atoms with Crippen molar-refractivity contribution in [2.24, 2.45) is 4.99 Å². The van der Waals surface area contributed by atoms with Crippen LogP contribution in [-0.4, -0.2) is 5.84 Å². The standard InChI is InChI=1S/C54H37N3O/c1-4-16-38(17-5-1)47-34-48(39-30-27-37(28-31-39)41-32-29-36-15-10-11-18-40(36)33-41)56-54(55-47)46-25-14-26-50-53(46)52-45-24-13-12-23-44(45)49(35-51(52)58-50)57(42-19-6-2-7-20-42)43-21-8-3-9-22-43/h1-35,48H,(H,55,56). The van der Waals surface area contributed by atoms with Gasteiger partial charge in [0.2, 0.25) is 0 Å². The Bertz CT molecular complexity index is 3150. The molecule has 1 unspecified atom stereocenters. The van der Waals surface area contributed by atoms with E-state index in [1.165, 1.54) is 21.9 Å². The number of rotatable bonds is 7. The Kier molecular flexibility index (Phi) is 8.18. The van der Waals surface area contributed by atoms with Gasteiger partial charge in [-0.1, -0.05) is 164 Å². The van der Waals surface area contributed by atoms with E-state index in [0.29, 0.717) is 0 Å². The number of hydrogen-bond donors (Lipinski definition) is 1. The summed E-state index contributed by atoms with van der Waals surface area (Å²) in [7, 11) is 0. The van der Waals surface area contributed by atoms with Gasteiger partial charge in [0, 0.05) is 39.2 Å². The van der Waals surface area contributed by atoms with Crippen LogP contribution in [0.4, 0.5) is 17.1 Å². The first-order valence-corrected chi connectivity index (χ1v) is 19.7. The second-order valence-electron chi connectivity index (χ2n) is 14.8. The topological polar surface area (TPSA) is 40.8 Å². The molecule has 0 amide bonds. The minimum absolute atomic E-state index is 0.115. The molecule has 1 aliphatic heterocycles. The van der Waals surface area contributed by atoms with Crippen LogP contribution in [0.15, 0.2) is 222 Å². The van der Waals surface area contributed by atoms with Crippen LogP contribution in [0.3, 0.4) is 0 Å². The van der Waals surface area contributed by atoms with E-state index in [9.17, 15) is 0 Å². The molecule has 2 heterocycles. The molecule has 10 aromatic rings. The molecule has 1 aliphatic rings. The molecule has 0 spiro atoms. The number of anilines is 3. The number of aliphatic imine (C=N–C) groups is 1. The molecular weight excluding hydrogens is 707 g/mol. The zero-order chi connectivity index (χ0) is 38.4. The molecule has 11 rings (SSSR count). The van der Waals surface area contributed by atoms with E-state index in [1.807, 2.05) is 6.07 Å². The zero-order valence-corrected chi connectivity index (χ0v) is 31.6. The van der Waals surface area contributed by atoms with Crippen LogP contribution in [-0.2, 0) is 0 Å². The fourth-order valence-corrected chi connectivity index (χ4v) is 8.50. The molecule has 0 saturated carbocycles. The lowest BCUT2D eigenvalue weighted by atomic mass is 9.95. The van der Waals surface area contributed by atoms with Crippen molar-refractivity contribution in [1.82, 2.24) is 5.32 Å². The monoisotopic (exact) mass is 743 g/mol. The van der Waals surface area contributed by atoms with Crippen LogP contribution in [0.25, 0.3) is 60.3 Å². The van der Waals surface area contributed by atoms with Gasteiger partial charge in [-0.15, -0.1) is 0 Å². The van der Waals surface area contributed by atoms with Crippen LogP contribution in [0.1, 0.15) is 22.7 Å². The highest BCUT2D eigenvalue weighted by atomic mass is 16.3. The maximum atomic E-state index is 6.84. The third-order valence-electron chi connectivity index (χ3n) is 11.3. The van der Waals surface area contributed by atoms with Crippen LogP contribution in [0.5, 0.6) is 0 Å². The Hall–Kier alpha value is -7.69. The third-order valence-corrected chi connectivity index (χ3v) is 11.3. The van der Waals surface area contributed by atoms with Crippen molar-refractivity contribution in [3.63, 3.8) is 0 Å². The molecule has 274 valence electrons. The fraction of sp³-hybridized carbons (Fsp3) is 0.0185. The molecule has 0 bridgehead atoms. The lowest BCUT2D eigenvalue weighted by Crippen LogP contribution is -2.31. The van der Waals surface area contributed by atoms with Gasteiger partial charge in [-0.25, -0.2) is 4.99 Å². The third kappa shape index (κ3) is 5.91. The highest BCUT2D eigenvalue weighted by Gasteiger charge is 2.25. The van der Waals surface area contributed by atoms with Gasteiger partial charge in [-0.2, -0.15) is 0 Å². The van der Waals surface area contributed by atoms with Crippen molar-refractivity contribution in [3.05, 3.63) is 229 Å². The molecule has 0 fully saturated rings. The summed E-state index contributed by atoms with van der Waals surface area (Å²) in [6.07, 6.45) is 2.24. The quantitative estimate of drug-likeness (QED) is 0.177. The summed E-state index contributed by atoms with van der Waals surface area (Å²) in [6.45, 7) is 0. The van der Waals surface area contributed by atoms with E-state index in [1.54, 1.807) is 0 Å². The van der Waals surface area contributed by atoms with Crippen molar-refractivity contribution in [2.75, 3.05) is 4.90 Å². The summed E-state index contributed by atoms with van der Waals surface area (Å²) in [5, 5.41) is 10.7. The summed E-state index contributed by atoms with van der Waals surface area (Å²) in [4.78, 5) is 7.67. The molecule has 4 nitrogen and oxygen atoms in total. The number of amidine groups is 1. The molecule has 1 atom stereocenters. The number of nitrogens with one attached hydrogen (secondary N) is 1. The Labute approximate surface area is 336 Å². The van der Waals surface area contributed by atoms with Crippen LogP contribution < -0.4 is 10.2 Å². The van der Waals surface area contributed by atoms with Crippen molar-refractivity contribution >= 4 is 72.1 Å². The SMILES string of the molecule is C1=C(c2ccccc2)N=C(c2cccc3oc4cc(N(c5ccccc5)c5ccccc5)c5ccccc5c4c23)NC1c1ccc(-c2ccc3ccccc3c2)cc1. The number of nitrogens with zero attached hydrogens (tertiary/aromatic N) is 2. The highest BCUT2D eigenvalue weighted by Crippen LogP contribution is 2.45. The summed E-state index contributed by atoms with van der Waals surface area (Å²) in [6, 6.07) is 72.7. The second kappa shape index (κ2) is 14.1. The van der Waals surface area contributed by atoms with Gasteiger partial charge in [0.05, 0.1) is 17.4 Å². The number of furan rings is 1. The van der Waals surface area contributed by atoms with E-state index >= 15 is 0 Å². The van der Waals surface area contributed by atoms with Crippen LogP contribution in [0, 0.1) is 0 Å². The molecule has 58 heavy (non-hydrogen) atoms. The fourth-order valence-electron chi connectivity index (χ4n) is 8.50. The van der Waals surface area contributed by atoms with Gasteiger partial charge in [-0.05, 0) is 80.9 Å². The normalized spacial score (nSPS) is 14.0. The number of hydrogen-bond acceptors (Lipinski definition) is 4. The Morgan fingerprint density at radius 2 is 1.10 bits per heavy atom. The molecule has 1 N–H and O–H groups in total. The Morgan fingerprint density at radius 3 is 1.84 bits per heavy atom. The number of para-hydroxylation sites is 2. The van der Waals surface area contributed by atoms with Gasteiger partial charge in [0.25, 0.3) is 0 Å². The van der Waals surface area contributed by atoms with Crippen LogP contribution >= 0.6 is 0 Å². The Morgan fingerprint density at radius 1 is 0.466 bits per heavy atom. The van der Waals surface area contributed by atoms with Crippen molar-refractivity contribution < 1.29 is 4.42 Å². The minimum Gasteiger partial charge on any atom is -0.456 e. The van der Waals surface area contributed by atoms with Crippen LogP contribution in [0.2, 0.25) is 0 Å². The molecule has 0 saturated heterocycles. The second-order valence-corrected chi connectivity index (χ2v) is 14.8. The molecule has 0 radical (unpaired) electrons. The van der Waals surface area contributed by atoms with E-state index in [0.717, 1.165) is 78.0 Å². The van der Waals surface area contributed by atoms with Crippen molar-refractivity contribution in [2.45, 2.75) is 6.04 Å². The summed E-state index contributed by atoms with van der Waals surface area (Å²) >= 11 is 0. The average Bonchev–Trinajstić information content (AvgIpc) is 3.69. The van der Waals surface area contributed by atoms with Gasteiger partial charge >= 0.3 is 0 Å². The maximum absolute atomic E-state index is 6.84. The van der Waals surface area contributed by atoms with E-state index in [-0.39, 0.29) is 6.04 Å². The predicted molar refractivity (Wildman–Crippen MR) is 242 cm³/mol. The summed E-state index contributed by atoms with van der Waals surface area (Å²) in [5.74, 6) is 0.807. The van der Waals surface area contributed by atoms with E-state index in [4.69, 9.17) is 9.41 Å². The first-order chi connectivity index (χ1) is 28.7. The van der Waals surface area contributed by atoms with E-state index < -0.39 is 0 Å². The first-order valence-electron chi connectivity index (χ1n) is 19.7. The smallest absolute Gasteiger partial charge is 0.138 e. The van der Waals surface area contributed by atoms with Gasteiger partial charge in [0.15, 0.2) is 0 Å². The molecule has 0 aliphatic carbocycles. The molecular formula is C54H37N3O. The van der Waals surface area contributed by atoms with Crippen molar-refractivity contribution in [1.29, 1.82) is 0 Å². The number of fused-ring (bicyclic) bond motifs is 6. The maximum Gasteiger partial charge on any atom is 0.138 e. The molecule has 4 heteroatoms. The molecule has 1 aromatic heterocycles. The van der Waals surface area contributed by atoms with Gasteiger partial charge in [0.1, 0.15) is 17.0 Å². The Balaban J connectivity index is 1.05. The number of benzene rings is 9. The van der Waals surface area contributed by atoms with Crippen molar-refractivity contribution in [3.8, 4) is 11.1 Å². The highest BCUT2D eigenvalue weighted by molar-refractivity contribution is 6.27. The zero-order valence-electron chi connectivity index (χ0n) is 31.6. The lowest BCUT2D eigenvalue weighted by Gasteiger charge is -2.27. The average molecular weight is 744 g/mol. The minimum atomic E-state index is -0.115. The van der Waals surface area contributed by atoms with Gasteiger partial charge < -0.3 is 14.6 Å². The largest absolute Gasteiger partial charge is 0.456 e. The first kappa shape index (κ1) is 33.6. The van der Waals surface area contributed by atoms with E-state index in [2.05, 4.69) is 216 Å². The van der Waals surface area contributed by atoms with Gasteiger partial charge in [-0.3, -0.25) is 0 Å². The molecule has 9 aromatic carbocycles. The lowest BCUT2D eigenvalue weighted by molar-refractivity contribution is 0.669. The summed E-state index contributed by atoms with van der Waals surface area (Å²) < 4.78 is 6.84. The predicted octanol–water partition coefficient (Wildman–Crippen LogP) is 14.2.